The molecule has 14 heteroatoms. The van der Waals surface area contributed by atoms with Crippen molar-refractivity contribution in [1.29, 1.82) is 0 Å². The maximum Gasteiger partial charge on any atom is 0.326 e. The predicted octanol–water partition coefficient (Wildman–Crippen LogP) is -4.36. The van der Waals surface area contributed by atoms with Gasteiger partial charge in [-0.1, -0.05) is 0 Å². The molecule has 2 atom stereocenters. The van der Waals surface area contributed by atoms with E-state index >= 15 is 0 Å². The van der Waals surface area contributed by atoms with Crippen molar-refractivity contribution in [3.8, 4) is 0 Å². The molecule has 0 fully saturated rings. The normalized spacial score (nSPS) is 12.2. The largest absolute Gasteiger partial charge is 0.481 e. The van der Waals surface area contributed by atoms with Crippen LogP contribution in [0.1, 0.15) is 19.3 Å². The number of nitrogens with zero attached hydrogens (tertiary/aromatic N) is 1. The minimum Gasteiger partial charge on any atom is -0.481 e. The summed E-state index contributed by atoms with van der Waals surface area (Å²) in [5.41, 5.74) is 15.6. The topological polar surface area (TPSA) is 252 Å². The SMILES string of the molecule is NC(N)=NCCC[C@H](NC(=O)CNC(=O)CNC(=O)[C@@H](N)CC(=O)O)C(=O)O. The zero-order valence-electron chi connectivity index (χ0n) is 15.0. The lowest BCUT2D eigenvalue weighted by molar-refractivity contribution is -0.142. The predicted molar refractivity (Wildman–Crippen MR) is 95.7 cm³/mol. The van der Waals surface area contributed by atoms with E-state index in [1.807, 2.05) is 0 Å². The summed E-state index contributed by atoms with van der Waals surface area (Å²) in [4.78, 5) is 60.0. The van der Waals surface area contributed by atoms with E-state index in [1.165, 1.54) is 0 Å². The van der Waals surface area contributed by atoms with Crippen LogP contribution in [0, 0.1) is 0 Å². The number of hydrogen-bond donors (Lipinski definition) is 8. The number of carboxylic acid groups (broad SMARTS) is 2. The summed E-state index contributed by atoms with van der Waals surface area (Å²) in [5.74, 6) is -5.00. The van der Waals surface area contributed by atoms with Crippen LogP contribution in [0.15, 0.2) is 4.99 Å². The number of carbonyl (C=O) groups excluding carboxylic acids is 3. The van der Waals surface area contributed by atoms with Gasteiger partial charge in [-0.25, -0.2) is 4.79 Å². The van der Waals surface area contributed by atoms with Crippen molar-refractivity contribution in [2.24, 2.45) is 22.2 Å². The Hall–Kier alpha value is -3.42. The molecule has 0 saturated carbocycles. The number of aliphatic carboxylic acids is 2. The summed E-state index contributed by atoms with van der Waals surface area (Å²) in [6, 6.07) is -2.50. The van der Waals surface area contributed by atoms with Crippen molar-refractivity contribution in [3.05, 3.63) is 0 Å². The van der Waals surface area contributed by atoms with Gasteiger partial charge in [-0.2, -0.15) is 0 Å². The first-order valence-corrected chi connectivity index (χ1v) is 8.12. The molecule has 0 aliphatic carbocycles. The van der Waals surface area contributed by atoms with E-state index < -0.39 is 61.3 Å². The van der Waals surface area contributed by atoms with Gasteiger partial charge in [0.05, 0.1) is 25.6 Å². The second kappa shape index (κ2) is 12.9. The number of amides is 3. The number of rotatable bonds is 13. The second-order valence-electron chi connectivity index (χ2n) is 5.61. The highest BCUT2D eigenvalue weighted by Gasteiger charge is 2.20. The first kappa shape index (κ1) is 24.6. The van der Waals surface area contributed by atoms with E-state index in [2.05, 4.69) is 20.9 Å². The fourth-order valence-electron chi connectivity index (χ4n) is 1.83. The molecule has 3 amide bonds. The molecule has 0 radical (unpaired) electrons. The summed E-state index contributed by atoms with van der Waals surface area (Å²) in [5, 5.41) is 24.1. The summed E-state index contributed by atoms with van der Waals surface area (Å²) in [7, 11) is 0. The number of carboxylic acids is 2. The molecule has 0 aromatic heterocycles. The number of nitrogens with one attached hydrogen (secondary N) is 3. The van der Waals surface area contributed by atoms with Gasteiger partial charge in [0, 0.05) is 6.54 Å². The van der Waals surface area contributed by atoms with E-state index in [1.54, 1.807) is 0 Å². The third-order valence-electron chi connectivity index (χ3n) is 3.18. The smallest absolute Gasteiger partial charge is 0.326 e. The van der Waals surface area contributed by atoms with Crippen molar-refractivity contribution >= 4 is 35.6 Å². The molecule has 0 aromatic carbocycles. The Morgan fingerprint density at radius 1 is 0.964 bits per heavy atom. The third kappa shape index (κ3) is 12.0. The van der Waals surface area contributed by atoms with Crippen molar-refractivity contribution < 1.29 is 34.2 Å². The van der Waals surface area contributed by atoms with Gasteiger partial charge in [0.25, 0.3) is 0 Å². The van der Waals surface area contributed by atoms with E-state index in [0.717, 1.165) is 0 Å². The number of carbonyl (C=O) groups is 5. The number of guanidine groups is 1. The van der Waals surface area contributed by atoms with E-state index in [0.29, 0.717) is 6.42 Å². The molecule has 0 aromatic rings. The molecule has 11 N–H and O–H groups in total. The van der Waals surface area contributed by atoms with Gasteiger partial charge in [0.15, 0.2) is 5.96 Å². The highest BCUT2D eigenvalue weighted by Crippen LogP contribution is 1.98. The van der Waals surface area contributed by atoms with E-state index in [4.69, 9.17) is 27.4 Å². The minimum atomic E-state index is -1.32. The van der Waals surface area contributed by atoms with Gasteiger partial charge in [-0.15, -0.1) is 0 Å². The molecule has 0 aliphatic rings. The van der Waals surface area contributed by atoms with Crippen LogP contribution in [0.25, 0.3) is 0 Å². The van der Waals surface area contributed by atoms with E-state index in [-0.39, 0.29) is 18.9 Å². The van der Waals surface area contributed by atoms with Gasteiger partial charge < -0.3 is 43.4 Å². The van der Waals surface area contributed by atoms with Crippen LogP contribution in [-0.2, 0) is 24.0 Å². The average Bonchev–Trinajstić information content (AvgIpc) is 2.59. The monoisotopic (exact) mass is 403 g/mol. The highest BCUT2D eigenvalue weighted by atomic mass is 16.4. The maximum atomic E-state index is 11.7. The highest BCUT2D eigenvalue weighted by molar-refractivity contribution is 5.91. The Bertz CT molecular complexity index is 619. The first-order chi connectivity index (χ1) is 13.0. The fraction of sp³-hybridized carbons (Fsp3) is 0.571. The van der Waals surface area contributed by atoms with Crippen LogP contribution in [0.4, 0.5) is 0 Å². The van der Waals surface area contributed by atoms with Crippen LogP contribution in [0.2, 0.25) is 0 Å². The first-order valence-electron chi connectivity index (χ1n) is 8.12. The summed E-state index contributed by atoms with van der Waals surface area (Å²) >= 11 is 0. The molecule has 0 heterocycles. The summed E-state index contributed by atoms with van der Waals surface area (Å²) < 4.78 is 0. The quantitative estimate of drug-likeness (QED) is 0.0832. The molecular weight excluding hydrogens is 378 g/mol. The third-order valence-corrected chi connectivity index (χ3v) is 3.18. The fourth-order valence-corrected chi connectivity index (χ4v) is 1.83. The molecule has 0 rings (SSSR count). The van der Waals surface area contributed by atoms with Crippen LogP contribution < -0.4 is 33.2 Å². The lowest BCUT2D eigenvalue weighted by Crippen LogP contribution is -2.48. The molecule has 158 valence electrons. The number of aliphatic imine (C=N–C) groups is 1. The Labute approximate surface area is 159 Å². The molecule has 14 nitrogen and oxygen atoms in total. The molecule has 0 aliphatic heterocycles. The molecule has 0 saturated heterocycles. The van der Waals surface area contributed by atoms with Gasteiger partial charge in [-0.3, -0.25) is 24.2 Å². The summed E-state index contributed by atoms with van der Waals surface area (Å²) in [6.45, 7) is -0.851. The Morgan fingerprint density at radius 3 is 2.11 bits per heavy atom. The number of hydrogen-bond acceptors (Lipinski definition) is 7. The van der Waals surface area contributed by atoms with Gasteiger partial charge in [-0.05, 0) is 12.8 Å². The van der Waals surface area contributed by atoms with Crippen molar-refractivity contribution in [2.45, 2.75) is 31.3 Å². The van der Waals surface area contributed by atoms with Crippen molar-refractivity contribution in [1.82, 2.24) is 16.0 Å². The Kier molecular flexibility index (Phi) is 11.3. The zero-order chi connectivity index (χ0) is 21.7. The Balaban J connectivity index is 4.23. The van der Waals surface area contributed by atoms with Gasteiger partial charge >= 0.3 is 11.9 Å². The second-order valence-corrected chi connectivity index (χ2v) is 5.61. The lowest BCUT2D eigenvalue weighted by Gasteiger charge is -2.14. The standard InChI is InChI=1S/C14H25N7O7/c15-7(4-11(24)25)12(26)20-5-9(22)19-6-10(23)21-8(13(27)28)2-1-3-18-14(16)17/h7-8H,1-6,15H2,(H,19,22)(H,20,26)(H,21,23)(H,24,25)(H,27,28)(H4,16,17,18)/t7-,8-/m0/s1. The van der Waals surface area contributed by atoms with Crippen LogP contribution in [0.5, 0.6) is 0 Å². The minimum absolute atomic E-state index is 0.0727. The van der Waals surface area contributed by atoms with Crippen LogP contribution in [0.3, 0.4) is 0 Å². The lowest BCUT2D eigenvalue weighted by atomic mass is 10.1. The van der Waals surface area contributed by atoms with Crippen LogP contribution in [-0.4, -0.2) is 77.6 Å². The van der Waals surface area contributed by atoms with Crippen molar-refractivity contribution in [2.75, 3.05) is 19.6 Å². The van der Waals surface area contributed by atoms with E-state index in [9.17, 15) is 24.0 Å². The Morgan fingerprint density at radius 2 is 1.57 bits per heavy atom. The molecule has 0 bridgehead atoms. The molecule has 0 spiro atoms. The molecular formula is C14H25N7O7. The molecule has 28 heavy (non-hydrogen) atoms. The van der Waals surface area contributed by atoms with Crippen LogP contribution >= 0.6 is 0 Å². The average molecular weight is 403 g/mol. The summed E-state index contributed by atoms with van der Waals surface area (Å²) in [6.07, 6.45) is -0.219. The maximum absolute atomic E-state index is 11.7. The molecule has 0 unspecified atom stereocenters. The zero-order valence-corrected chi connectivity index (χ0v) is 15.0. The van der Waals surface area contributed by atoms with Gasteiger partial charge in [0.1, 0.15) is 6.04 Å². The van der Waals surface area contributed by atoms with Crippen molar-refractivity contribution in [3.63, 3.8) is 0 Å². The number of nitrogens with two attached hydrogens (primary N) is 3. The van der Waals surface area contributed by atoms with Gasteiger partial charge in [0.2, 0.25) is 17.7 Å².